The van der Waals surface area contributed by atoms with E-state index in [4.69, 9.17) is 13.8 Å². The second-order valence-electron chi connectivity index (χ2n) is 26.5. The van der Waals surface area contributed by atoms with Crippen LogP contribution in [-0.4, -0.2) is 69.4 Å². The van der Waals surface area contributed by atoms with Crippen molar-refractivity contribution in [3.63, 3.8) is 0 Å². The van der Waals surface area contributed by atoms with Crippen LogP contribution in [0.1, 0.15) is 367 Å². The fourth-order valence-electron chi connectivity index (χ4n) is 11.1. The van der Waals surface area contributed by atoms with Crippen molar-refractivity contribution in [2.24, 2.45) is 0 Å². The molecule has 1 amide bonds. The van der Waals surface area contributed by atoms with Gasteiger partial charge in [0, 0.05) is 12.8 Å². The Hall–Kier alpha value is -2.03. The van der Waals surface area contributed by atoms with Crippen molar-refractivity contribution in [3.8, 4) is 0 Å². The number of likely N-dealkylation sites (N-methyl/N-ethyl adjacent to an activating group) is 1. The largest absolute Gasteiger partial charge is 0.756 e. The zero-order chi connectivity index (χ0) is 62.1. The van der Waals surface area contributed by atoms with Gasteiger partial charge in [0.15, 0.2) is 0 Å². The molecule has 0 saturated carbocycles. The first-order valence-electron chi connectivity index (χ1n) is 36.9. The SMILES string of the molecule is CCCCC/C=C\C/C=C\C/C=C\CCCCCCCCCCC(=O)NC(COP(=O)([O-])OCC[N+](C)(C)C)C(/C=C/CCCCCCCCCCCCC)OC(=O)CCCCCCCCCCCCCCCCCCCCCCCCCCC. The first kappa shape index (κ1) is 83.0. The van der Waals surface area contributed by atoms with Crippen molar-refractivity contribution in [1.29, 1.82) is 0 Å². The number of nitrogens with zero attached hydrogens (tertiary/aromatic N) is 1. The van der Waals surface area contributed by atoms with Crippen LogP contribution in [0.25, 0.3) is 0 Å². The number of hydrogen-bond acceptors (Lipinski definition) is 7. The average molecular weight is 1220 g/mol. The molecular weight excluding hydrogens is 1070 g/mol. The van der Waals surface area contributed by atoms with Crippen LogP contribution in [0, 0.1) is 0 Å². The molecule has 0 aromatic rings. The van der Waals surface area contributed by atoms with Crippen molar-refractivity contribution in [1.82, 2.24) is 5.32 Å². The third-order valence-corrected chi connectivity index (χ3v) is 17.7. The molecule has 0 saturated heterocycles. The molecule has 3 unspecified atom stereocenters. The smallest absolute Gasteiger partial charge is 0.306 e. The first-order valence-corrected chi connectivity index (χ1v) is 38.4. The van der Waals surface area contributed by atoms with Crippen molar-refractivity contribution in [2.45, 2.75) is 380 Å². The highest BCUT2D eigenvalue weighted by atomic mass is 31.2. The number of phosphoric acid groups is 1. The molecular formula is C75H143N2O7P. The monoisotopic (exact) mass is 1220 g/mol. The number of hydrogen-bond donors (Lipinski definition) is 1. The lowest BCUT2D eigenvalue weighted by molar-refractivity contribution is -0.870. The van der Waals surface area contributed by atoms with Crippen molar-refractivity contribution >= 4 is 19.7 Å². The van der Waals surface area contributed by atoms with Gasteiger partial charge < -0.3 is 28.5 Å². The maximum atomic E-state index is 13.6. The zero-order valence-electron chi connectivity index (χ0n) is 57.3. The van der Waals surface area contributed by atoms with Crippen LogP contribution >= 0.6 is 7.82 Å². The summed E-state index contributed by atoms with van der Waals surface area (Å²) in [6.45, 7) is 6.87. The standard InChI is InChI=1S/C75H143N2O7P/c1-7-10-13-16-19-22-25-28-30-32-34-36-37-38-39-41-43-45-47-50-53-56-59-62-65-68-75(79)84-73(66-63-60-57-54-51-48-27-24-21-18-15-12-9-3)72(71-83-85(80,81)82-70-69-77(4,5)6)76-74(78)67-64-61-58-55-52-49-46-44-42-40-35-33-31-29-26-23-20-17-14-11-8-2/h20,23,29,31,35,40,63,66,72-73H,7-19,21-22,24-28,30,32-34,36-39,41-62,64-65,67-71H2,1-6H3,(H-,76,78,80,81)/b23-20-,31-29-,40-35-,66-63+. The Labute approximate surface area is 529 Å². The van der Waals surface area contributed by atoms with Gasteiger partial charge in [-0.1, -0.05) is 333 Å². The Kier molecular flexibility index (Phi) is 63.4. The number of esters is 1. The number of carbonyl (C=O) groups excluding carboxylic acids is 2. The van der Waals surface area contributed by atoms with Gasteiger partial charge in [-0.3, -0.25) is 14.2 Å². The van der Waals surface area contributed by atoms with Crippen molar-refractivity contribution in [3.05, 3.63) is 48.6 Å². The Morgan fingerprint density at radius 1 is 0.412 bits per heavy atom. The van der Waals surface area contributed by atoms with Gasteiger partial charge in [-0.05, 0) is 70.3 Å². The summed E-state index contributed by atoms with van der Waals surface area (Å²) in [6, 6.07) is -0.892. The minimum Gasteiger partial charge on any atom is -0.756 e. The van der Waals surface area contributed by atoms with E-state index in [0.717, 1.165) is 83.5 Å². The predicted octanol–water partition coefficient (Wildman–Crippen LogP) is 22.9. The molecule has 3 atom stereocenters. The summed E-state index contributed by atoms with van der Waals surface area (Å²) in [6.07, 6.45) is 82.4. The summed E-state index contributed by atoms with van der Waals surface area (Å²) >= 11 is 0. The number of quaternary nitrogens is 1. The minimum atomic E-state index is -4.71. The molecule has 0 aliphatic heterocycles. The number of ether oxygens (including phenoxy) is 1. The van der Waals surface area contributed by atoms with Gasteiger partial charge in [-0.15, -0.1) is 0 Å². The maximum Gasteiger partial charge on any atom is 0.306 e. The van der Waals surface area contributed by atoms with E-state index in [0.29, 0.717) is 17.4 Å². The molecule has 85 heavy (non-hydrogen) atoms. The van der Waals surface area contributed by atoms with E-state index in [1.165, 1.54) is 250 Å². The Morgan fingerprint density at radius 3 is 1.09 bits per heavy atom. The van der Waals surface area contributed by atoms with Crippen LogP contribution in [0.2, 0.25) is 0 Å². The van der Waals surface area contributed by atoms with Crippen LogP contribution in [0.4, 0.5) is 0 Å². The molecule has 1 N–H and O–H groups in total. The number of nitrogens with one attached hydrogen (secondary N) is 1. The van der Waals surface area contributed by atoms with Gasteiger partial charge in [0.25, 0.3) is 7.82 Å². The van der Waals surface area contributed by atoms with Crippen LogP contribution in [0.15, 0.2) is 48.6 Å². The second-order valence-corrected chi connectivity index (χ2v) is 27.9. The molecule has 0 bridgehead atoms. The summed E-state index contributed by atoms with van der Waals surface area (Å²) in [5.74, 6) is -0.531. The lowest BCUT2D eigenvalue weighted by Crippen LogP contribution is -2.47. The first-order chi connectivity index (χ1) is 41.4. The van der Waals surface area contributed by atoms with Gasteiger partial charge >= 0.3 is 5.97 Å². The highest BCUT2D eigenvalue weighted by Gasteiger charge is 2.27. The summed E-state index contributed by atoms with van der Waals surface area (Å²) in [7, 11) is 1.19. The summed E-state index contributed by atoms with van der Waals surface area (Å²) < 4.78 is 30.5. The lowest BCUT2D eigenvalue weighted by Gasteiger charge is -2.30. The average Bonchev–Trinajstić information content (AvgIpc) is 3.50. The molecule has 0 spiro atoms. The fraction of sp³-hybridized carbons (Fsp3) is 0.867. The predicted molar refractivity (Wildman–Crippen MR) is 367 cm³/mol. The molecule has 0 rings (SSSR count). The van der Waals surface area contributed by atoms with Crippen LogP contribution in [-0.2, 0) is 27.9 Å². The quantitative estimate of drug-likeness (QED) is 0.0212. The molecule has 500 valence electrons. The third kappa shape index (κ3) is 66.2. The number of allylic oxidation sites excluding steroid dienone is 7. The topological polar surface area (TPSA) is 114 Å². The van der Waals surface area contributed by atoms with E-state index < -0.39 is 20.0 Å². The van der Waals surface area contributed by atoms with Crippen LogP contribution in [0.3, 0.4) is 0 Å². The van der Waals surface area contributed by atoms with Gasteiger partial charge in [-0.2, -0.15) is 0 Å². The van der Waals surface area contributed by atoms with E-state index >= 15 is 0 Å². The van der Waals surface area contributed by atoms with Crippen molar-refractivity contribution < 1.29 is 37.3 Å². The molecule has 10 heteroatoms. The van der Waals surface area contributed by atoms with Crippen LogP contribution in [0.5, 0.6) is 0 Å². The molecule has 0 aliphatic rings. The van der Waals surface area contributed by atoms with Gasteiger partial charge in [0.05, 0.1) is 33.8 Å². The van der Waals surface area contributed by atoms with Gasteiger partial charge in [-0.25, -0.2) is 0 Å². The molecule has 0 aliphatic carbocycles. The Bertz CT molecular complexity index is 1590. The van der Waals surface area contributed by atoms with E-state index in [1.54, 1.807) is 0 Å². The number of unbranched alkanes of at least 4 members (excludes halogenated alkanes) is 46. The highest BCUT2D eigenvalue weighted by Crippen LogP contribution is 2.38. The van der Waals surface area contributed by atoms with E-state index in [1.807, 2.05) is 33.3 Å². The normalized spacial score (nSPS) is 13.7. The molecule has 0 aromatic heterocycles. The van der Waals surface area contributed by atoms with Gasteiger partial charge in [0.2, 0.25) is 5.91 Å². The Balaban J connectivity index is 5.05. The molecule has 0 radical (unpaired) electrons. The Morgan fingerprint density at radius 2 is 0.718 bits per heavy atom. The summed E-state index contributed by atoms with van der Waals surface area (Å²) in [5, 5.41) is 3.05. The summed E-state index contributed by atoms with van der Waals surface area (Å²) in [5.41, 5.74) is 0. The van der Waals surface area contributed by atoms with E-state index in [-0.39, 0.29) is 31.5 Å². The zero-order valence-corrected chi connectivity index (χ0v) is 58.2. The second kappa shape index (κ2) is 64.9. The fourth-order valence-corrected chi connectivity index (χ4v) is 11.8. The maximum absolute atomic E-state index is 13.6. The summed E-state index contributed by atoms with van der Waals surface area (Å²) in [4.78, 5) is 40.2. The highest BCUT2D eigenvalue weighted by molar-refractivity contribution is 7.45. The van der Waals surface area contributed by atoms with Crippen LogP contribution < -0.4 is 10.2 Å². The molecule has 0 heterocycles. The molecule has 9 nitrogen and oxygen atoms in total. The molecule has 0 fully saturated rings. The van der Waals surface area contributed by atoms with Crippen molar-refractivity contribution in [2.75, 3.05) is 40.9 Å². The molecule has 0 aromatic carbocycles. The number of phosphoric ester groups is 1. The number of rotatable bonds is 68. The van der Waals surface area contributed by atoms with Gasteiger partial charge in [0.1, 0.15) is 19.3 Å². The third-order valence-electron chi connectivity index (χ3n) is 16.8. The number of carbonyl (C=O) groups is 2. The van der Waals surface area contributed by atoms with E-state index in [9.17, 15) is 19.0 Å². The lowest BCUT2D eigenvalue weighted by atomic mass is 10.0. The van der Waals surface area contributed by atoms with E-state index in [2.05, 4.69) is 62.5 Å². The number of amides is 1. The minimum absolute atomic E-state index is 0.0224.